The van der Waals surface area contributed by atoms with Crippen LogP contribution in [-0.2, 0) is 27.2 Å². The van der Waals surface area contributed by atoms with E-state index in [-0.39, 0.29) is 11.6 Å². The summed E-state index contributed by atoms with van der Waals surface area (Å²) >= 11 is 0. The van der Waals surface area contributed by atoms with Crippen molar-refractivity contribution in [2.45, 2.75) is 82.6 Å². The molecule has 0 radical (unpaired) electrons. The standard InChI is InChI=1S/C34H45NO9Si/c1-34(2,3)45(6,7)44-31-27(39-4)18-24(19-28(31)40-5)20-29-32(41-22-23-14-10-8-11-15-23)30(26(36)21-35(37)38)43-33(42-29)25-16-12-9-13-17-25/h8-19,26,29-30,32-33,36H,20-22H2,1-7H3/t26-,29+,30-,32-,33+/m0/s1. The average molecular weight is 640 g/mol. The highest BCUT2D eigenvalue weighted by Crippen LogP contribution is 2.45. The molecule has 11 heteroatoms. The highest BCUT2D eigenvalue weighted by atomic mass is 28.4. The van der Waals surface area contributed by atoms with Gasteiger partial charge in [-0.3, -0.25) is 10.1 Å². The van der Waals surface area contributed by atoms with Crippen LogP contribution >= 0.6 is 0 Å². The van der Waals surface area contributed by atoms with Crippen molar-refractivity contribution in [1.29, 1.82) is 0 Å². The molecule has 5 atom stereocenters. The minimum atomic E-state index is -2.24. The Hall–Kier alpha value is -3.48. The van der Waals surface area contributed by atoms with Crippen LogP contribution in [0.15, 0.2) is 72.8 Å². The number of rotatable bonds is 13. The van der Waals surface area contributed by atoms with E-state index in [4.69, 9.17) is 28.1 Å². The third-order valence-electron chi connectivity index (χ3n) is 8.46. The van der Waals surface area contributed by atoms with Gasteiger partial charge in [0.2, 0.25) is 6.54 Å². The molecule has 45 heavy (non-hydrogen) atoms. The highest BCUT2D eigenvalue weighted by Gasteiger charge is 2.46. The number of hydrogen-bond acceptors (Lipinski definition) is 9. The Bertz CT molecular complexity index is 1370. The number of hydrogen-bond donors (Lipinski definition) is 1. The van der Waals surface area contributed by atoms with Gasteiger partial charge in [-0.2, -0.15) is 0 Å². The normalized spacial score (nSPS) is 21.2. The molecule has 1 aliphatic rings. The first-order valence-electron chi connectivity index (χ1n) is 15.1. The zero-order valence-electron chi connectivity index (χ0n) is 27.1. The summed E-state index contributed by atoms with van der Waals surface area (Å²) in [5.74, 6) is 1.58. The minimum absolute atomic E-state index is 0.0486. The number of nitrogens with zero attached hydrogens (tertiary/aromatic N) is 1. The molecular weight excluding hydrogens is 594 g/mol. The van der Waals surface area contributed by atoms with Crippen LogP contribution in [0, 0.1) is 10.1 Å². The van der Waals surface area contributed by atoms with Crippen molar-refractivity contribution in [1.82, 2.24) is 0 Å². The molecule has 0 aliphatic carbocycles. The van der Waals surface area contributed by atoms with Crippen LogP contribution in [0.2, 0.25) is 18.1 Å². The summed E-state index contributed by atoms with van der Waals surface area (Å²) < 4.78 is 37.4. The number of benzene rings is 3. The second-order valence-corrected chi connectivity index (χ2v) is 17.5. The lowest BCUT2D eigenvalue weighted by Crippen LogP contribution is -2.55. The zero-order valence-corrected chi connectivity index (χ0v) is 28.1. The largest absolute Gasteiger partial charge is 0.539 e. The van der Waals surface area contributed by atoms with E-state index >= 15 is 0 Å². The molecule has 0 saturated carbocycles. The first-order valence-corrected chi connectivity index (χ1v) is 18.0. The maximum absolute atomic E-state index is 11.5. The van der Waals surface area contributed by atoms with E-state index < -0.39 is 50.5 Å². The molecule has 0 aromatic heterocycles. The summed E-state index contributed by atoms with van der Waals surface area (Å²) in [6.07, 6.45) is -4.58. The number of aliphatic hydroxyl groups excluding tert-OH is 1. The van der Waals surface area contributed by atoms with Gasteiger partial charge in [-0.25, -0.2) is 0 Å². The van der Waals surface area contributed by atoms with Crippen molar-refractivity contribution < 1.29 is 38.1 Å². The van der Waals surface area contributed by atoms with Gasteiger partial charge in [-0.15, -0.1) is 0 Å². The van der Waals surface area contributed by atoms with Crippen LogP contribution in [-0.4, -0.2) is 63.5 Å². The van der Waals surface area contributed by atoms with E-state index in [1.807, 2.05) is 72.8 Å². The summed E-state index contributed by atoms with van der Waals surface area (Å²) in [5.41, 5.74) is 2.43. The first kappa shape index (κ1) is 34.4. The monoisotopic (exact) mass is 639 g/mol. The fourth-order valence-corrected chi connectivity index (χ4v) is 5.98. The van der Waals surface area contributed by atoms with Crippen LogP contribution in [0.3, 0.4) is 0 Å². The second kappa shape index (κ2) is 14.7. The molecule has 1 aliphatic heterocycles. The Labute approximate surface area is 266 Å². The van der Waals surface area contributed by atoms with Gasteiger partial charge in [-0.05, 0) is 41.4 Å². The number of methoxy groups -OCH3 is 2. The molecule has 0 spiro atoms. The third kappa shape index (κ3) is 8.62. The Kier molecular flexibility index (Phi) is 11.3. The van der Waals surface area contributed by atoms with Gasteiger partial charge >= 0.3 is 0 Å². The second-order valence-electron chi connectivity index (χ2n) is 12.8. The molecular formula is C34H45NO9Si. The fraction of sp³-hybridized carbons (Fsp3) is 0.471. The van der Waals surface area contributed by atoms with Crippen LogP contribution in [0.25, 0.3) is 0 Å². The van der Waals surface area contributed by atoms with E-state index in [2.05, 4.69) is 33.9 Å². The minimum Gasteiger partial charge on any atom is -0.539 e. The van der Waals surface area contributed by atoms with E-state index in [1.54, 1.807) is 14.2 Å². The summed E-state index contributed by atoms with van der Waals surface area (Å²) in [6.45, 7) is 10.3. The van der Waals surface area contributed by atoms with Gasteiger partial charge < -0.3 is 33.2 Å². The van der Waals surface area contributed by atoms with Crippen LogP contribution in [0.4, 0.5) is 0 Å². The first-order chi connectivity index (χ1) is 21.3. The molecule has 1 N–H and O–H groups in total. The Morgan fingerprint density at radius 3 is 2.04 bits per heavy atom. The number of ether oxygens (including phenoxy) is 5. The SMILES string of the molecule is COc1cc(C[C@H]2O[C@@H](c3ccccc3)O[C@@H]([C@@H](O)C[N+](=O)[O-])[C@H]2OCc2ccccc2)cc(OC)c1O[Si](C)(C)C(C)(C)C. The van der Waals surface area contributed by atoms with Crippen molar-refractivity contribution in [2.24, 2.45) is 0 Å². The van der Waals surface area contributed by atoms with Crippen LogP contribution < -0.4 is 13.9 Å². The molecule has 1 saturated heterocycles. The molecule has 0 unspecified atom stereocenters. The van der Waals surface area contributed by atoms with Gasteiger partial charge in [0.1, 0.15) is 18.3 Å². The summed E-state index contributed by atoms with van der Waals surface area (Å²) in [4.78, 5) is 10.9. The van der Waals surface area contributed by atoms with E-state index in [0.29, 0.717) is 23.7 Å². The summed E-state index contributed by atoms with van der Waals surface area (Å²) in [6, 6.07) is 22.6. The number of nitro groups is 1. The van der Waals surface area contributed by atoms with Gasteiger partial charge in [0.25, 0.3) is 8.32 Å². The summed E-state index contributed by atoms with van der Waals surface area (Å²) in [7, 11) is 0.932. The van der Waals surface area contributed by atoms with Gasteiger partial charge in [-0.1, -0.05) is 81.4 Å². The van der Waals surface area contributed by atoms with E-state index in [1.165, 1.54) is 0 Å². The lowest BCUT2D eigenvalue weighted by molar-refractivity contribution is -0.496. The van der Waals surface area contributed by atoms with Crippen molar-refractivity contribution in [3.05, 3.63) is 99.6 Å². The third-order valence-corrected chi connectivity index (χ3v) is 12.8. The smallest absolute Gasteiger partial charge is 0.250 e. The highest BCUT2D eigenvalue weighted by molar-refractivity contribution is 6.74. The Balaban J connectivity index is 1.73. The molecule has 0 amide bonds. The zero-order chi connectivity index (χ0) is 32.8. The molecule has 3 aromatic rings. The van der Waals surface area contributed by atoms with Gasteiger partial charge in [0, 0.05) is 16.9 Å². The van der Waals surface area contributed by atoms with Gasteiger partial charge in [0.15, 0.2) is 23.5 Å². The van der Waals surface area contributed by atoms with E-state index in [9.17, 15) is 15.2 Å². The molecule has 4 rings (SSSR count). The predicted octanol–water partition coefficient (Wildman–Crippen LogP) is 6.34. The molecule has 244 valence electrons. The molecule has 1 fully saturated rings. The number of aliphatic hydroxyl groups is 1. The molecule has 1 heterocycles. The van der Waals surface area contributed by atoms with Crippen molar-refractivity contribution >= 4 is 8.32 Å². The Morgan fingerprint density at radius 1 is 0.933 bits per heavy atom. The van der Waals surface area contributed by atoms with Crippen molar-refractivity contribution in [2.75, 3.05) is 20.8 Å². The maximum atomic E-state index is 11.5. The molecule has 3 aromatic carbocycles. The van der Waals surface area contributed by atoms with Crippen LogP contribution in [0.1, 0.15) is 43.8 Å². The van der Waals surface area contributed by atoms with Crippen LogP contribution in [0.5, 0.6) is 17.2 Å². The van der Waals surface area contributed by atoms with Crippen molar-refractivity contribution in [3.63, 3.8) is 0 Å². The van der Waals surface area contributed by atoms with Gasteiger partial charge in [0.05, 0.1) is 26.9 Å². The van der Waals surface area contributed by atoms with Crippen molar-refractivity contribution in [3.8, 4) is 17.2 Å². The lowest BCUT2D eigenvalue weighted by Gasteiger charge is -2.43. The average Bonchev–Trinajstić information content (AvgIpc) is 3.00. The van der Waals surface area contributed by atoms with E-state index in [0.717, 1.165) is 16.7 Å². The molecule has 0 bridgehead atoms. The topological polar surface area (TPSA) is 119 Å². The predicted molar refractivity (Wildman–Crippen MR) is 173 cm³/mol. The molecule has 10 nitrogen and oxygen atoms in total. The quantitative estimate of drug-likeness (QED) is 0.130. The lowest BCUT2D eigenvalue weighted by atomic mass is 9.94. The summed E-state index contributed by atoms with van der Waals surface area (Å²) in [5, 5.41) is 22.5. The maximum Gasteiger partial charge on any atom is 0.250 e. The fourth-order valence-electron chi connectivity index (χ4n) is 4.96. The Morgan fingerprint density at radius 2 is 1.51 bits per heavy atom.